The van der Waals surface area contributed by atoms with E-state index in [9.17, 15) is 9.59 Å². The zero-order chi connectivity index (χ0) is 26.9. The maximum absolute atomic E-state index is 13.8. The lowest BCUT2D eigenvalue weighted by Crippen LogP contribution is -2.51. The Labute approximate surface area is 231 Å². The van der Waals surface area contributed by atoms with Gasteiger partial charge >= 0.3 is 0 Å². The molecule has 4 aromatic rings. The van der Waals surface area contributed by atoms with E-state index in [0.717, 1.165) is 26.4 Å². The minimum absolute atomic E-state index is 0.209. The standard InChI is InChI=1S/C31H31BrN2O4/c1-3-33-31(36)27(19-22-10-5-4-6-11-22)34(20-23-12-9-14-25(18-23)37-2)29(35)21-38-28-17-16-24-13-7-8-15-26(24)30(28)32/h4-18,27H,3,19-21H2,1-2H3,(H,33,36)/t27-/m0/s1. The molecule has 1 N–H and O–H groups in total. The van der Waals surface area contributed by atoms with E-state index >= 15 is 0 Å². The lowest BCUT2D eigenvalue weighted by Gasteiger charge is -2.31. The molecule has 6 nitrogen and oxygen atoms in total. The monoisotopic (exact) mass is 574 g/mol. The number of benzene rings is 4. The largest absolute Gasteiger partial charge is 0.497 e. The molecule has 0 aliphatic heterocycles. The van der Waals surface area contributed by atoms with Gasteiger partial charge in [-0.2, -0.15) is 0 Å². The number of carbonyl (C=O) groups is 2. The van der Waals surface area contributed by atoms with Gasteiger partial charge in [0, 0.05) is 19.5 Å². The number of nitrogens with zero attached hydrogens (tertiary/aromatic N) is 1. The SMILES string of the molecule is CCNC(=O)[C@H](Cc1ccccc1)N(Cc1cccc(OC)c1)C(=O)COc1ccc2ccccc2c1Br. The molecule has 2 amide bonds. The number of hydrogen-bond acceptors (Lipinski definition) is 4. The first-order valence-corrected chi connectivity index (χ1v) is 13.3. The van der Waals surface area contributed by atoms with Crippen molar-refractivity contribution in [3.05, 3.63) is 107 Å². The van der Waals surface area contributed by atoms with Crippen LogP contribution in [0.2, 0.25) is 0 Å². The first kappa shape index (κ1) is 27.2. The molecule has 0 bridgehead atoms. The number of fused-ring (bicyclic) bond motifs is 1. The molecular weight excluding hydrogens is 544 g/mol. The maximum atomic E-state index is 13.8. The van der Waals surface area contributed by atoms with E-state index in [2.05, 4.69) is 21.2 Å². The number of rotatable bonds is 11. The minimum atomic E-state index is -0.723. The van der Waals surface area contributed by atoms with E-state index < -0.39 is 6.04 Å². The van der Waals surface area contributed by atoms with Gasteiger partial charge in [0.25, 0.3) is 5.91 Å². The third kappa shape index (κ3) is 6.72. The number of methoxy groups -OCH3 is 1. The summed E-state index contributed by atoms with van der Waals surface area (Å²) in [6.45, 7) is 2.34. The Kier molecular flexibility index (Phi) is 9.38. The fourth-order valence-electron chi connectivity index (χ4n) is 4.36. The number of nitrogens with one attached hydrogen (secondary N) is 1. The number of ether oxygens (including phenoxy) is 2. The third-order valence-electron chi connectivity index (χ3n) is 6.29. The van der Waals surface area contributed by atoms with Crippen LogP contribution >= 0.6 is 15.9 Å². The average molecular weight is 576 g/mol. The molecule has 0 radical (unpaired) electrons. The summed E-state index contributed by atoms with van der Waals surface area (Å²) in [5, 5.41) is 4.97. The molecule has 0 aromatic heterocycles. The Morgan fingerprint density at radius 3 is 2.42 bits per heavy atom. The summed E-state index contributed by atoms with van der Waals surface area (Å²) in [5.41, 5.74) is 1.82. The van der Waals surface area contributed by atoms with Crippen molar-refractivity contribution in [1.82, 2.24) is 10.2 Å². The summed E-state index contributed by atoms with van der Waals surface area (Å²) in [4.78, 5) is 28.7. The first-order chi connectivity index (χ1) is 18.5. The summed E-state index contributed by atoms with van der Waals surface area (Å²) in [7, 11) is 1.60. The van der Waals surface area contributed by atoms with Crippen LogP contribution in [0.1, 0.15) is 18.1 Å². The highest BCUT2D eigenvalue weighted by Gasteiger charge is 2.30. The van der Waals surface area contributed by atoms with Crippen LogP contribution in [0.3, 0.4) is 0 Å². The van der Waals surface area contributed by atoms with Gasteiger partial charge in [-0.05, 0) is 63.0 Å². The zero-order valence-corrected chi connectivity index (χ0v) is 23.1. The Morgan fingerprint density at radius 1 is 0.921 bits per heavy atom. The highest BCUT2D eigenvalue weighted by Crippen LogP contribution is 2.33. The van der Waals surface area contributed by atoms with Crippen molar-refractivity contribution in [2.75, 3.05) is 20.3 Å². The van der Waals surface area contributed by atoms with Crippen LogP contribution in [-0.4, -0.2) is 43.0 Å². The van der Waals surface area contributed by atoms with Crippen LogP contribution in [0.15, 0.2) is 95.5 Å². The van der Waals surface area contributed by atoms with Crippen molar-refractivity contribution in [2.24, 2.45) is 0 Å². The van der Waals surface area contributed by atoms with Gasteiger partial charge in [-0.15, -0.1) is 0 Å². The fraction of sp³-hybridized carbons (Fsp3) is 0.226. The minimum Gasteiger partial charge on any atom is -0.497 e. The quantitative estimate of drug-likeness (QED) is 0.247. The van der Waals surface area contributed by atoms with E-state index in [-0.39, 0.29) is 25.0 Å². The smallest absolute Gasteiger partial charge is 0.261 e. The van der Waals surface area contributed by atoms with E-state index in [1.165, 1.54) is 0 Å². The number of amides is 2. The van der Waals surface area contributed by atoms with E-state index in [1.54, 1.807) is 12.0 Å². The van der Waals surface area contributed by atoms with Gasteiger partial charge in [0.15, 0.2) is 6.61 Å². The van der Waals surface area contributed by atoms with Crippen molar-refractivity contribution in [3.63, 3.8) is 0 Å². The predicted octanol–water partition coefficient (Wildman–Crippen LogP) is 5.77. The molecule has 38 heavy (non-hydrogen) atoms. The molecule has 0 aliphatic carbocycles. The van der Waals surface area contributed by atoms with E-state index in [0.29, 0.717) is 24.5 Å². The van der Waals surface area contributed by atoms with Gasteiger partial charge in [0.2, 0.25) is 5.91 Å². The summed E-state index contributed by atoms with van der Waals surface area (Å²) < 4.78 is 12.2. The molecule has 0 aliphatic rings. The predicted molar refractivity (Wildman–Crippen MR) is 153 cm³/mol. The second-order valence-corrected chi connectivity index (χ2v) is 9.65. The molecule has 196 valence electrons. The van der Waals surface area contributed by atoms with Gasteiger partial charge < -0.3 is 19.7 Å². The Morgan fingerprint density at radius 2 is 1.66 bits per heavy atom. The van der Waals surface area contributed by atoms with Gasteiger partial charge in [0.1, 0.15) is 17.5 Å². The van der Waals surface area contributed by atoms with Gasteiger partial charge in [-0.3, -0.25) is 9.59 Å². The van der Waals surface area contributed by atoms with Crippen molar-refractivity contribution in [1.29, 1.82) is 0 Å². The maximum Gasteiger partial charge on any atom is 0.261 e. The van der Waals surface area contributed by atoms with Crippen LogP contribution in [0.4, 0.5) is 0 Å². The second kappa shape index (κ2) is 13.1. The third-order valence-corrected chi connectivity index (χ3v) is 7.11. The highest BCUT2D eigenvalue weighted by molar-refractivity contribution is 9.10. The number of halogens is 1. The van der Waals surface area contributed by atoms with Gasteiger partial charge in [-0.25, -0.2) is 0 Å². The van der Waals surface area contributed by atoms with Crippen LogP contribution in [0, 0.1) is 0 Å². The summed E-state index contributed by atoms with van der Waals surface area (Å²) >= 11 is 3.63. The normalized spacial score (nSPS) is 11.6. The van der Waals surface area contributed by atoms with Crippen LogP contribution in [-0.2, 0) is 22.6 Å². The topological polar surface area (TPSA) is 67.9 Å². The Hall–Kier alpha value is -3.84. The van der Waals surface area contributed by atoms with Crippen LogP contribution in [0.5, 0.6) is 11.5 Å². The summed E-state index contributed by atoms with van der Waals surface area (Å²) in [6, 6.07) is 28.3. The Balaban J connectivity index is 1.63. The molecule has 0 heterocycles. The number of hydrogen-bond donors (Lipinski definition) is 1. The van der Waals surface area contributed by atoms with E-state index in [4.69, 9.17) is 9.47 Å². The zero-order valence-electron chi connectivity index (χ0n) is 21.5. The highest BCUT2D eigenvalue weighted by atomic mass is 79.9. The van der Waals surface area contributed by atoms with Crippen molar-refractivity contribution in [2.45, 2.75) is 25.9 Å². The molecule has 0 unspecified atom stereocenters. The molecule has 0 saturated carbocycles. The molecule has 0 spiro atoms. The van der Waals surface area contributed by atoms with Crippen molar-refractivity contribution >= 4 is 38.5 Å². The van der Waals surface area contributed by atoms with Gasteiger partial charge in [0.05, 0.1) is 11.6 Å². The van der Waals surface area contributed by atoms with E-state index in [1.807, 2.05) is 97.9 Å². The molecule has 0 saturated heterocycles. The second-order valence-electron chi connectivity index (χ2n) is 8.86. The number of carbonyl (C=O) groups excluding carboxylic acids is 2. The average Bonchev–Trinajstić information content (AvgIpc) is 2.95. The summed E-state index contributed by atoms with van der Waals surface area (Å²) in [6.07, 6.45) is 0.377. The molecule has 1 atom stereocenters. The molecule has 0 fully saturated rings. The fourth-order valence-corrected chi connectivity index (χ4v) is 4.97. The van der Waals surface area contributed by atoms with Crippen LogP contribution in [0.25, 0.3) is 10.8 Å². The number of likely N-dealkylation sites (N-methyl/N-ethyl adjacent to an activating group) is 1. The van der Waals surface area contributed by atoms with Crippen LogP contribution < -0.4 is 14.8 Å². The summed E-state index contributed by atoms with van der Waals surface area (Å²) in [5.74, 6) is 0.749. The molecule has 7 heteroatoms. The van der Waals surface area contributed by atoms with Gasteiger partial charge in [-0.1, -0.05) is 72.8 Å². The van der Waals surface area contributed by atoms with Crippen molar-refractivity contribution in [3.8, 4) is 11.5 Å². The lowest BCUT2D eigenvalue weighted by atomic mass is 10.0. The van der Waals surface area contributed by atoms with Crippen molar-refractivity contribution < 1.29 is 19.1 Å². The Bertz CT molecular complexity index is 1390. The molecule has 4 aromatic carbocycles. The molecule has 4 rings (SSSR count). The first-order valence-electron chi connectivity index (χ1n) is 12.5. The molecular formula is C31H31BrN2O4. The lowest BCUT2D eigenvalue weighted by molar-refractivity contribution is -0.142.